The Morgan fingerprint density at radius 2 is 1.82 bits per heavy atom. The van der Waals surface area contributed by atoms with Gasteiger partial charge in [0.1, 0.15) is 6.04 Å². The van der Waals surface area contributed by atoms with Crippen LogP contribution in [-0.4, -0.2) is 78.7 Å². The van der Waals surface area contributed by atoms with Gasteiger partial charge in [0, 0.05) is 68.1 Å². The molecule has 5 rings (SSSR count). The fourth-order valence-corrected chi connectivity index (χ4v) is 5.23. The minimum Gasteiger partial charge on any atom is -0.369 e. The summed E-state index contributed by atoms with van der Waals surface area (Å²) >= 11 is 0. The zero-order chi connectivity index (χ0) is 28.1. The Bertz CT molecular complexity index is 1350. The van der Waals surface area contributed by atoms with Crippen molar-refractivity contribution in [2.24, 2.45) is 0 Å². The zero-order valence-corrected chi connectivity index (χ0v) is 22.7. The number of piperidine rings is 1. The van der Waals surface area contributed by atoms with E-state index in [9.17, 15) is 19.2 Å². The highest BCUT2D eigenvalue weighted by atomic mass is 16.2. The van der Waals surface area contributed by atoms with Crippen LogP contribution in [0.15, 0.2) is 42.5 Å². The van der Waals surface area contributed by atoms with Gasteiger partial charge in [0.05, 0.1) is 6.54 Å². The molecule has 0 bridgehead atoms. The van der Waals surface area contributed by atoms with Gasteiger partial charge in [-0.2, -0.15) is 0 Å². The first-order valence-corrected chi connectivity index (χ1v) is 13.8. The number of carbonyl (C=O) groups excluding carboxylic acids is 4. The number of amides is 4. The summed E-state index contributed by atoms with van der Waals surface area (Å²) in [5, 5.41) is 2.33. The van der Waals surface area contributed by atoms with Gasteiger partial charge in [0.15, 0.2) is 0 Å². The third kappa shape index (κ3) is 6.17. The van der Waals surface area contributed by atoms with Gasteiger partial charge in [-0.25, -0.2) is 5.43 Å². The molecule has 0 aliphatic carbocycles. The molecule has 10 nitrogen and oxygen atoms in total. The standard InChI is InChI=1S/C30H34N6O4/c1-2-13-31-33-28(38)22-6-8-24(9-7-22)35-17-15-34(16-18-35)14-3-4-21-5-10-25-23(19-21)20-36(30(25)40)26-11-12-27(37)32-29(26)39/h5-10,19,26,31H,2,11-18,20H2,1H3,(H,33,38)(H,32,37,39). The minimum atomic E-state index is -0.615. The average Bonchev–Trinajstić information content (AvgIpc) is 3.28. The summed E-state index contributed by atoms with van der Waals surface area (Å²) in [6.45, 7) is 7.30. The number of imide groups is 1. The maximum absolute atomic E-state index is 12.9. The van der Waals surface area contributed by atoms with E-state index in [-0.39, 0.29) is 24.1 Å². The molecule has 40 heavy (non-hydrogen) atoms. The fraction of sp³-hybridized carbons (Fsp3) is 0.400. The van der Waals surface area contributed by atoms with E-state index in [0.29, 0.717) is 30.6 Å². The number of hydrogen-bond acceptors (Lipinski definition) is 7. The second kappa shape index (κ2) is 12.3. The first-order valence-electron chi connectivity index (χ1n) is 13.8. The molecule has 3 heterocycles. The van der Waals surface area contributed by atoms with Gasteiger partial charge in [0.2, 0.25) is 11.8 Å². The summed E-state index contributed by atoms with van der Waals surface area (Å²) < 4.78 is 0. The van der Waals surface area contributed by atoms with Gasteiger partial charge in [-0.05, 0) is 60.9 Å². The van der Waals surface area contributed by atoms with Crippen molar-refractivity contribution >= 4 is 29.3 Å². The van der Waals surface area contributed by atoms with Gasteiger partial charge in [-0.3, -0.25) is 34.8 Å². The SMILES string of the molecule is CCCNNC(=O)c1ccc(N2CCN(CC#Cc3ccc4c(c3)CN(C3CCC(=O)NC3=O)C4=O)CC2)cc1. The van der Waals surface area contributed by atoms with Crippen molar-refractivity contribution in [3.63, 3.8) is 0 Å². The summed E-state index contributed by atoms with van der Waals surface area (Å²) in [4.78, 5) is 54.9. The lowest BCUT2D eigenvalue weighted by molar-refractivity contribution is -0.136. The number of benzene rings is 2. The molecule has 2 fully saturated rings. The maximum Gasteiger partial charge on any atom is 0.265 e. The van der Waals surface area contributed by atoms with E-state index in [0.717, 1.165) is 56.0 Å². The number of rotatable bonds is 7. The zero-order valence-electron chi connectivity index (χ0n) is 22.7. The van der Waals surface area contributed by atoms with E-state index in [1.807, 2.05) is 43.3 Å². The van der Waals surface area contributed by atoms with Crippen molar-refractivity contribution in [1.29, 1.82) is 0 Å². The molecule has 2 saturated heterocycles. The summed E-state index contributed by atoms with van der Waals surface area (Å²) in [6.07, 6.45) is 1.53. The van der Waals surface area contributed by atoms with Gasteiger partial charge in [0.25, 0.3) is 11.8 Å². The predicted octanol–water partition coefficient (Wildman–Crippen LogP) is 1.27. The van der Waals surface area contributed by atoms with Crippen molar-refractivity contribution in [1.82, 2.24) is 26.0 Å². The number of hydrogen-bond donors (Lipinski definition) is 3. The van der Waals surface area contributed by atoms with Crippen molar-refractivity contribution in [2.45, 2.75) is 38.8 Å². The molecule has 2 aromatic rings. The quantitative estimate of drug-likeness (QED) is 0.209. The van der Waals surface area contributed by atoms with Crippen LogP contribution in [-0.2, 0) is 16.1 Å². The summed E-state index contributed by atoms with van der Waals surface area (Å²) in [6, 6.07) is 12.6. The Kier molecular flexibility index (Phi) is 8.43. The predicted molar refractivity (Wildman–Crippen MR) is 150 cm³/mol. The molecule has 3 aliphatic rings. The van der Waals surface area contributed by atoms with E-state index >= 15 is 0 Å². The molecule has 2 aromatic carbocycles. The van der Waals surface area contributed by atoms with E-state index in [1.54, 1.807) is 11.0 Å². The maximum atomic E-state index is 12.9. The molecular formula is C30H34N6O4. The molecule has 0 spiro atoms. The van der Waals surface area contributed by atoms with Crippen LogP contribution in [0.2, 0.25) is 0 Å². The van der Waals surface area contributed by atoms with Crippen LogP contribution in [0.5, 0.6) is 0 Å². The Labute approximate surface area is 234 Å². The van der Waals surface area contributed by atoms with E-state index < -0.39 is 11.9 Å². The molecular weight excluding hydrogens is 508 g/mol. The molecule has 208 valence electrons. The average molecular weight is 543 g/mol. The van der Waals surface area contributed by atoms with Crippen LogP contribution in [0.3, 0.4) is 0 Å². The lowest BCUT2D eigenvalue weighted by Gasteiger charge is -2.35. The van der Waals surface area contributed by atoms with Crippen LogP contribution in [0, 0.1) is 11.8 Å². The van der Waals surface area contributed by atoms with Gasteiger partial charge < -0.3 is 9.80 Å². The number of anilines is 1. The topological polar surface area (TPSA) is 114 Å². The molecule has 4 amide bonds. The third-order valence-electron chi connectivity index (χ3n) is 7.50. The van der Waals surface area contributed by atoms with E-state index in [1.165, 1.54) is 0 Å². The number of carbonyl (C=O) groups is 4. The smallest absolute Gasteiger partial charge is 0.265 e. The number of hydrazine groups is 1. The minimum absolute atomic E-state index is 0.134. The fourth-order valence-electron chi connectivity index (χ4n) is 5.23. The van der Waals surface area contributed by atoms with Crippen LogP contribution < -0.4 is 21.1 Å². The number of fused-ring (bicyclic) bond motifs is 1. The summed E-state index contributed by atoms with van der Waals surface area (Å²) in [7, 11) is 0. The largest absolute Gasteiger partial charge is 0.369 e. The van der Waals surface area contributed by atoms with Crippen molar-refractivity contribution in [3.8, 4) is 11.8 Å². The molecule has 0 radical (unpaired) electrons. The Morgan fingerprint density at radius 1 is 1.05 bits per heavy atom. The lowest BCUT2D eigenvalue weighted by atomic mass is 10.0. The first kappa shape index (κ1) is 27.4. The van der Waals surface area contributed by atoms with E-state index in [2.05, 4.69) is 37.8 Å². The monoisotopic (exact) mass is 542 g/mol. The Hall–Kier alpha value is -4.20. The highest BCUT2D eigenvalue weighted by Crippen LogP contribution is 2.28. The number of nitrogens with zero attached hydrogens (tertiary/aromatic N) is 3. The second-order valence-electron chi connectivity index (χ2n) is 10.3. The second-order valence-corrected chi connectivity index (χ2v) is 10.3. The highest BCUT2D eigenvalue weighted by Gasteiger charge is 2.39. The van der Waals surface area contributed by atoms with Gasteiger partial charge >= 0.3 is 0 Å². The molecule has 1 unspecified atom stereocenters. The highest BCUT2D eigenvalue weighted by molar-refractivity contribution is 6.05. The van der Waals surface area contributed by atoms with Crippen molar-refractivity contribution in [3.05, 3.63) is 64.7 Å². The molecule has 3 N–H and O–H groups in total. The normalized spacial score (nSPS) is 19.1. The molecule has 0 aromatic heterocycles. The van der Waals surface area contributed by atoms with E-state index in [4.69, 9.17) is 0 Å². The summed E-state index contributed by atoms with van der Waals surface area (Å²) in [5.74, 6) is 5.48. The molecule has 10 heteroatoms. The van der Waals surface area contributed by atoms with Gasteiger partial charge in [-0.15, -0.1) is 0 Å². The lowest BCUT2D eigenvalue weighted by Crippen LogP contribution is -2.52. The van der Waals surface area contributed by atoms with Crippen molar-refractivity contribution < 1.29 is 19.2 Å². The molecule has 3 aliphatic heterocycles. The Morgan fingerprint density at radius 3 is 2.55 bits per heavy atom. The van der Waals surface area contributed by atoms with Crippen molar-refractivity contribution in [2.75, 3.05) is 44.2 Å². The summed E-state index contributed by atoms with van der Waals surface area (Å²) in [5.41, 5.74) is 9.62. The number of nitrogens with one attached hydrogen (secondary N) is 3. The van der Waals surface area contributed by atoms with Crippen LogP contribution in [0.4, 0.5) is 5.69 Å². The molecule has 1 atom stereocenters. The number of piperazine rings is 1. The Balaban J connectivity index is 1.11. The van der Waals surface area contributed by atoms with Gasteiger partial charge in [-0.1, -0.05) is 18.8 Å². The van der Waals surface area contributed by atoms with Crippen LogP contribution in [0.1, 0.15) is 58.0 Å². The molecule has 0 saturated carbocycles. The first-order chi connectivity index (χ1) is 19.4. The van der Waals surface area contributed by atoms with Crippen LogP contribution in [0.25, 0.3) is 0 Å². The third-order valence-corrected chi connectivity index (χ3v) is 7.50. The van der Waals surface area contributed by atoms with Crippen LogP contribution >= 0.6 is 0 Å².